The van der Waals surface area contributed by atoms with Gasteiger partial charge in [-0.3, -0.25) is 14.5 Å². The highest BCUT2D eigenvalue weighted by atomic mass is 35.5. The van der Waals surface area contributed by atoms with E-state index in [9.17, 15) is 9.59 Å². The van der Waals surface area contributed by atoms with Crippen molar-refractivity contribution in [3.63, 3.8) is 0 Å². The minimum absolute atomic E-state index is 0.163. The van der Waals surface area contributed by atoms with Gasteiger partial charge in [0.1, 0.15) is 11.4 Å². The summed E-state index contributed by atoms with van der Waals surface area (Å²) in [5.41, 5.74) is 3.03. The van der Waals surface area contributed by atoms with E-state index in [4.69, 9.17) is 22.8 Å². The first-order chi connectivity index (χ1) is 16.4. The van der Waals surface area contributed by atoms with Crippen LogP contribution in [0.5, 0.6) is 5.75 Å². The minimum atomic E-state index is -0.467. The Bertz CT molecular complexity index is 1250. The van der Waals surface area contributed by atoms with E-state index >= 15 is 0 Å². The van der Waals surface area contributed by atoms with Gasteiger partial charge in [0, 0.05) is 42.1 Å². The van der Waals surface area contributed by atoms with E-state index in [2.05, 4.69) is 16.3 Å². The number of carbonyl (C=O) groups is 2. The molecule has 0 aliphatic rings. The fourth-order valence-corrected chi connectivity index (χ4v) is 3.35. The largest absolute Gasteiger partial charge is 0.494 e. The quantitative estimate of drug-likeness (QED) is 0.221. The van der Waals surface area contributed by atoms with Crippen molar-refractivity contribution in [3.05, 3.63) is 82.4 Å². The van der Waals surface area contributed by atoms with E-state index in [1.54, 1.807) is 53.7 Å². The van der Waals surface area contributed by atoms with Crippen LogP contribution >= 0.6 is 11.6 Å². The van der Waals surface area contributed by atoms with Crippen molar-refractivity contribution in [2.24, 2.45) is 5.10 Å². The molecule has 0 atom stereocenters. The first-order valence-corrected chi connectivity index (χ1v) is 10.6. The maximum absolute atomic E-state index is 13.2. The predicted molar refractivity (Wildman–Crippen MR) is 136 cm³/mol. The Morgan fingerprint density at radius 3 is 2.35 bits per heavy atom. The number of ether oxygens (including phenoxy) is 1. The van der Waals surface area contributed by atoms with Crippen molar-refractivity contribution in [3.8, 4) is 18.1 Å². The molecule has 0 spiro atoms. The molecule has 0 radical (unpaired) electrons. The lowest BCUT2D eigenvalue weighted by Crippen LogP contribution is -2.21. The summed E-state index contributed by atoms with van der Waals surface area (Å²) in [7, 11) is 5.09. The van der Waals surface area contributed by atoms with E-state index in [-0.39, 0.29) is 22.0 Å². The Kier molecular flexibility index (Phi) is 7.91. The molecule has 3 rings (SSSR count). The van der Waals surface area contributed by atoms with Crippen molar-refractivity contribution in [1.82, 2.24) is 5.01 Å². The molecule has 0 heterocycles. The van der Waals surface area contributed by atoms with E-state index in [0.717, 1.165) is 5.56 Å². The lowest BCUT2D eigenvalue weighted by atomic mass is 10.1. The second kappa shape index (κ2) is 11.0. The molecule has 2 amide bonds. The predicted octanol–water partition coefficient (Wildman–Crippen LogP) is 4.77. The van der Waals surface area contributed by atoms with Gasteiger partial charge >= 0.3 is 0 Å². The molecule has 7 nitrogen and oxygen atoms in total. The van der Waals surface area contributed by atoms with Gasteiger partial charge in [0.05, 0.1) is 18.9 Å². The average Bonchev–Trinajstić information content (AvgIpc) is 2.84. The van der Waals surface area contributed by atoms with Crippen molar-refractivity contribution in [2.45, 2.75) is 0 Å². The highest BCUT2D eigenvalue weighted by Gasteiger charge is 2.24. The zero-order valence-electron chi connectivity index (χ0n) is 18.9. The zero-order chi connectivity index (χ0) is 24.7. The van der Waals surface area contributed by atoms with Crippen LogP contribution in [0.1, 0.15) is 21.5 Å². The second-order valence-corrected chi connectivity index (χ2v) is 7.78. The molecule has 172 valence electrons. The number of hydrazone groups is 1. The zero-order valence-corrected chi connectivity index (χ0v) is 19.7. The minimum Gasteiger partial charge on any atom is -0.494 e. The van der Waals surface area contributed by atoms with Gasteiger partial charge in [-0.25, -0.2) is 0 Å². The molecule has 3 aromatic carbocycles. The molecule has 0 saturated carbocycles. The normalized spacial score (nSPS) is 10.4. The summed E-state index contributed by atoms with van der Waals surface area (Å²) in [5.74, 6) is 2.33. The first kappa shape index (κ1) is 24.4. The lowest BCUT2D eigenvalue weighted by Gasteiger charge is -2.23. The van der Waals surface area contributed by atoms with Gasteiger partial charge in [-0.1, -0.05) is 29.7 Å². The fraction of sp³-hybridized carbons (Fsp3) is 0.115. The number of rotatable bonds is 8. The van der Waals surface area contributed by atoms with Gasteiger partial charge in [0.25, 0.3) is 5.91 Å². The number of benzene rings is 3. The molecule has 0 unspecified atom stereocenters. The van der Waals surface area contributed by atoms with Gasteiger partial charge in [-0.15, -0.1) is 6.42 Å². The molecule has 3 aromatic rings. The molecule has 1 N–H and O–H groups in total. The Balaban J connectivity index is 2.02. The maximum atomic E-state index is 13.2. The fourth-order valence-electron chi connectivity index (χ4n) is 3.15. The number of carbonyl (C=O) groups excluding carboxylic acids is 2. The summed E-state index contributed by atoms with van der Waals surface area (Å²) < 4.78 is 5.48. The number of nitrogens with one attached hydrogen (secondary N) is 1. The Morgan fingerprint density at radius 1 is 1.12 bits per heavy atom. The van der Waals surface area contributed by atoms with E-state index in [1.807, 2.05) is 26.2 Å². The number of methoxy groups -OCH3 is 1. The number of amides is 2. The van der Waals surface area contributed by atoms with Crippen LogP contribution in [0.2, 0.25) is 5.02 Å². The average molecular weight is 475 g/mol. The number of anilines is 3. The molecule has 0 fully saturated rings. The Hall–Kier alpha value is -4.28. The summed E-state index contributed by atoms with van der Waals surface area (Å²) in [6.45, 7) is 0. The van der Waals surface area contributed by atoms with Crippen LogP contribution < -0.4 is 15.0 Å². The summed E-state index contributed by atoms with van der Waals surface area (Å²) >= 11 is 6.25. The lowest BCUT2D eigenvalue weighted by molar-refractivity contribution is -0.106. The van der Waals surface area contributed by atoms with Crippen LogP contribution in [0, 0.1) is 12.3 Å². The van der Waals surface area contributed by atoms with Crippen molar-refractivity contribution in [2.75, 3.05) is 31.4 Å². The van der Waals surface area contributed by atoms with Gasteiger partial charge in [0.15, 0.2) is 0 Å². The monoisotopic (exact) mass is 474 g/mol. The molecule has 8 heteroatoms. The summed E-state index contributed by atoms with van der Waals surface area (Å²) in [5, 5.41) is 8.97. The molecular formula is C26H23ClN4O3. The van der Waals surface area contributed by atoms with Crippen molar-refractivity contribution < 1.29 is 14.3 Å². The van der Waals surface area contributed by atoms with Crippen LogP contribution in [0.25, 0.3) is 0 Å². The maximum Gasteiger partial charge on any atom is 0.257 e. The van der Waals surface area contributed by atoms with E-state index in [0.29, 0.717) is 23.3 Å². The Morgan fingerprint density at radius 2 is 1.79 bits per heavy atom. The molecule has 0 aliphatic carbocycles. The van der Waals surface area contributed by atoms with Crippen LogP contribution in [0.3, 0.4) is 0 Å². The van der Waals surface area contributed by atoms with Gasteiger partial charge < -0.3 is 15.1 Å². The first-order valence-electron chi connectivity index (χ1n) is 10.2. The molecular weight excluding hydrogens is 452 g/mol. The molecule has 0 bridgehead atoms. The molecule has 0 aliphatic heterocycles. The number of hydrogen-bond donors (Lipinski definition) is 1. The SMILES string of the molecule is C#Cc1ccc(NC(=O)c2cc(Cl)cc(OC)c2N(C=O)c2ccc(C=NN(C)C)cc2)cc1. The molecule has 0 aromatic heterocycles. The number of halogens is 1. The summed E-state index contributed by atoms with van der Waals surface area (Å²) in [6, 6.07) is 17.0. The molecule has 34 heavy (non-hydrogen) atoms. The number of hydrogen-bond acceptors (Lipinski definition) is 5. The van der Waals surface area contributed by atoms with Gasteiger partial charge in [-0.05, 0) is 48.0 Å². The van der Waals surface area contributed by atoms with E-state index in [1.165, 1.54) is 18.1 Å². The number of terminal acetylenes is 1. The third-order valence-electron chi connectivity index (χ3n) is 4.77. The highest BCUT2D eigenvalue weighted by molar-refractivity contribution is 6.31. The highest BCUT2D eigenvalue weighted by Crippen LogP contribution is 2.39. The van der Waals surface area contributed by atoms with Crippen LogP contribution in [0.15, 0.2) is 65.8 Å². The van der Waals surface area contributed by atoms with E-state index < -0.39 is 5.91 Å². The molecule has 0 saturated heterocycles. The Labute approximate surface area is 203 Å². The second-order valence-electron chi connectivity index (χ2n) is 7.34. The summed E-state index contributed by atoms with van der Waals surface area (Å²) in [6.07, 6.45) is 7.70. The standard InChI is InChI=1S/C26H23ClN4O3/c1-5-18-6-10-21(11-7-18)29-26(33)23-14-20(27)15-24(34-4)25(23)31(17-32)22-12-8-19(9-13-22)16-28-30(2)3/h1,6-17H,2-4H3,(H,29,33). The topological polar surface area (TPSA) is 74.2 Å². The van der Waals surface area contributed by atoms with Crippen LogP contribution in [-0.2, 0) is 4.79 Å². The van der Waals surface area contributed by atoms with Crippen LogP contribution in [0.4, 0.5) is 17.1 Å². The number of nitrogens with zero attached hydrogens (tertiary/aromatic N) is 3. The third kappa shape index (κ3) is 5.74. The smallest absolute Gasteiger partial charge is 0.257 e. The van der Waals surface area contributed by atoms with Gasteiger partial charge in [-0.2, -0.15) is 5.10 Å². The van der Waals surface area contributed by atoms with Crippen LogP contribution in [-0.4, -0.2) is 44.7 Å². The van der Waals surface area contributed by atoms with Gasteiger partial charge in [0.2, 0.25) is 6.41 Å². The van der Waals surface area contributed by atoms with Crippen molar-refractivity contribution >= 4 is 47.2 Å². The van der Waals surface area contributed by atoms with Crippen molar-refractivity contribution in [1.29, 1.82) is 0 Å². The summed E-state index contributed by atoms with van der Waals surface area (Å²) in [4.78, 5) is 26.8. The third-order valence-corrected chi connectivity index (χ3v) is 4.99.